The highest BCUT2D eigenvalue weighted by atomic mass is 28.5. The van der Waals surface area contributed by atoms with E-state index in [0.29, 0.717) is 0 Å². The second-order valence-electron chi connectivity index (χ2n) is 7.63. The molecule has 0 spiro atoms. The number of rotatable bonds is 12. The van der Waals surface area contributed by atoms with E-state index in [9.17, 15) is 0 Å². The fourth-order valence-corrected chi connectivity index (χ4v) is 23.4. The molecule has 3 unspecified atom stereocenters. The molecule has 1 saturated heterocycles. The van der Waals surface area contributed by atoms with Gasteiger partial charge in [0, 0.05) is 21.3 Å². The van der Waals surface area contributed by atoms with Crippen molar-refractivity contribution in [2.75, 3.05) is 21.3 Å². The molecule has 1 aliphatic heterocycles. The van der Waals surface area contributed by atoms with Gasteiger partial charge in [0.2, 0.25) is 0 Å². The van der Waals surface area contributed by atoms with E-state index in [2.05, 4.69) is 41.5 Å². The van der Waals surface area contributed by atoms with Gasteiger partial charge in [-0.3, -0.25) is 0 Å². The van der Waals surface area contributed by atoms with Crippen LogP contribution in [0.1, 0.15) is 60.8 Å². The zero-order chi connectivity index (χ0) is 20.7. The summed E-state index contributed by atoms with van der Waals surface area (Å²) in [7, 11) is -2.76. The first-order valence-electron chi connectivity index (χ1n) is 10.4. The number of hydrogen-bond acceptors (Lipinski definition) is 6. The van der Waals surface area contributed by atoms with Crippen LogP contribution in [0.25, 0.3) is 0 Å². The summed E-state index contributed by atoms with van der Waals surface area (Å²) in [4.78, 5) is 0. The van der Waals surface area contributed by atoms with Gasteiger partial charge >= 0.3 is 25.7 Å². The van der Waals surface area contributed by atoms with Crippen molar-refractivity contribution in [1.29, 1.82) is 0 Å². The SMILES string of the molecule is CCC[Si]1(C(C)OC)O[Si](CCC)(C(C)OC)O[Si](CCC)(C(C)OC)O1. The monoisotopic (exact) mass is 438 g/mol. The summed E-state index contributed by atoms with van der Waals surface area (Å²) < 4.78 is 38.5. The maximum atomic E-state index is 7.01. The molecule has 1 rings (SSSR count). The van der Waals surface area contributed by atoms with Crippen molar-refractivity contribution < 1.29 is 26.6 Å². The predicted molar refractivity (Wildman–Crippen MR) is 115 cm³/mol. The van der Waals surface area contributed by atoms with Crippen LogP contribution in [0.2, 0.25) is 18.1 Å². The molecule has 0 aromatic carbocycles. The van der Waals surface area contributed by atoms with Crippen molar-refractivity contribution in [2.24, 2.45) is 0 Å². The number of methoxy groups -OCH3 is 3. The lowest BCUT2D eigenvalue weighted by atomic mass is 10.6. The molecule has 1 aliphatic rings. The van der Waals surface area contributed by atoms with Gasteiger partial charge in [0.15, 0.2) is 0 Å². The van der Waals surface area contributed by atoms with Gasteiger partial charge in [-0.1, -0.05) is 40.0 Å². The average molecular weight is 439 g/mol. The van der Waals surface area contributed by atoms with E-state index in [1.165, 1.54) is 0 Å². The molecule has 1 heterocycles. The van der Waals surface area contributed by atoms with Gasteiger partial charge in [-0.05, 0) is 38.9 Å². The van der Waals surface area contributed by atoms with Crippen LogP contribution >= 0.6 is 0 Å². The maximum absolute atomic E-state index is 7.01. The van der Waals surface area contributed by atoms with Crippen molar-refractivity contribution in [3.05, 3.63) is 0 Å². The van der Waals surface area contributed by atoms with Crippen molar-refractivity contribution in [3.8, 4) is 0 Å². The summed E-state index contributed by atoms with van der Waals surface area (Å²) >= 11 is 0. The Kier molecular flexibility index (Phi) is 10.3. The zero-order valence-corrected chi connectivity index (χ0v) is 21.9. The minimum atomic E-state index is -2.67. The summed E-state index contributed by atoms with van der Waals surface area (Å²) in [6.45, 7) is 12.8. The topological polar surface area (TPSA) is 55.4 Å². The van der Waals surface area contributed by atoms with Crippen LogP contribution < -0.4 is 0 Å². The quantitative estimate of drug-likeness (QED) is 0.423. The summed E-state index contributed by atoms with van der Waals surface area (Å²) in [6.07, 6.45) is 2.99. The van der Waals surface area contributed by atoms with Crippen LogP contribution in [-0.4, -0.2) is 64.2 Å². The highest BCUT2D eigenvalue weighted by Gasteiger charge is 2.67. The summed E-state index contributed by atoms with van der Waals surface area (Å²) in [6, 6.07) is 2.69. The van der Waals surface area contributed by atoms with Gasteiger partial charge in [0.25, 0.3) is 0 Å². The Morgan fingerprint density at radius 2 is 0.778 bits per heavy atom. The van der Waals surface area contributed by atoms with Crippen LogP contribution in [0.4, 0.5) is 0 Å². The Labute approximate surface area is 170 Å². The van der Waals surface area contributed by atoms with Gasteiger partial charge in [-0.25, -0.2) is 0 Å². The second kappa shape index (κ2) is 11.0. The molecule has 27 heavy (non-hydrogen) atoms. The third-order valence-electron chi connectivity index (χ3n) is 5.75. The van der Waals surface area contributed by atoms with Gasteiger partial charge in [0.1, 0.15) is 0 Å². The Morgan fingerprint density at radius 1 is 0.556 bits per heavy atom. The molecule has 0 saturated carbocycles. The first-order chi connectivity index (χ1) is 12.7. The van der Waals surface area contributed by atoms with Crippen molar-refractivity contribution in [2.45, 2.75) is 96.1 Å². The molecular weight excluding hydrogens is 396 g/mol. The third kappa shape index (κ3) is 5.32. The lowest BCUT2D eigenvalue weighted by molar-refractivity contribution is 0.0575. The second-order valence-corrected chi connectivity index (χ2v) is 18.9. The molecule has 0 radical (unpaired) electrons. The average Bonchev–Trinajstić information content (AvgIpc) is 2.66. The van der Waals surface area contributed by atoms with E-state index in [-0.39, 0.29) is 17.2 Å². The molecule has 9 heteroatoms. The van der Waals surface area contributed by atoms with Crippen LogP contribution in [-0.2, 0) is 26.6 Å². The Balaban J connectivity index is 3.61. The van der Waals surface area contributed by atoms with Crippen LogP contribution in [0.3, 0.4) is 0 Å². The molecule has 6 nitrogen and oxygen atoms in total. The normalized spacial score (nSPS) is 35.0. The standard InChI is InChI=1S/C18H42O6Si3/c1-10-13-25(16(4)19-7)22-26(14-11-2,17(5)20-8)24-27(23-25,15-12-3)18(6)21-9/h16-18H,10-15H2,1-9H3. The first kappa shape index (κ1) is 25.4. The Morgan fingerprint density at radius 3 is 0.926 bits per heavy atom. The van der Waals surface area contributed by atoms with E-state index < -0.39 is 25.7 Å². The van der Waals surface area contributed by atoms with E-state index in [0.717, 1.165) is 37.4 Å². The fourth-order valence-electron chi connectivity index (χ4n) is 3.94. The first-order valence-corrected chi connectivity index (χ1v) is 16.7. The molecule has 0 N–H and O–H groups in total. The van der Waals surface area contributed by atoms with E-state index in [1.54, 1.807) is 21.3 Å². The van der Waals surface area contributed by atoms with Crippen molar-refractivity contribution in [1.82, 2.24) is 0 Å². The molecule has 0 bridgehead atoms. The van der Waals surface area contributed by atoms with Gasteiger partial charge < -0.3 is 26.6 Å². The molecule has 3 atom stereocenters. The zero-order valence-electron chi connectivity index (χ0n) is 18.9. The van der Waals surface area contributed by atoms with E-state index >= 15 is 0 Å². The Bertz CT molecular complexity index is 372. The fraction of sp³-hybridized carbons (Fsp3) is 1.00. The minimum absolute atomic E-state index is 0.0677. The summed E-state index contributed by atoms with van der Waals surface area (Å²) in [5.41, 5.74) is -0.203. The van der Waals surface area contributed by atoms with Gasteiger partial charge in [0.05, 0.1) is 17.2 Å². The minimum Gasteiger partial charge on any atom is -0.412 e. The lowest BCUT2D eigenvalue weighted by Gasteiger charge is -2.57. The molecule has 0 aromatic heterocycles. The molecule has 162 valence electrons. The predicted octanol–water partition coefficient (Wildman–Crippen LogP) is 4.33. The van der Waals surface area contributed by atoms with Gasteiger partial charge in [-0.2, -0.15) is 0 Å². The van der Waals surface area contributed by atoms with Crippen LogP contribution in [0.5, 0.6) is 0 Å². The highest BCUT2D eigenvalue weighted by molar-refractivity contribution is 6.95. The molecule has 0 aliphatic carbocycles. The molecule has 0 amide bonds. The van der Waals surface area contributed by atoms with Crippen LogP contribution in [0.15, 0.2) is 0 Å². The third-order valence-corrected chi connectivity index (χ3v) is 22.1. The largest absolute Gasteiger partial charge is 0.412 e. The van der Waals surface area contributed by atoms with E-state index in [4.69, 9.17) is 26.6 Å². The lowest BCUT2D eigenvalue weighted by Crippen LogP contribution is -2.79. The highest BCUT2D eigenvalue weighted by Crippen LogP contribution is 2.43. The van der Waals surface area contributed by atoms with Crippen molar-refractivity contribution >= 4 is 25.7 Å². The van der Waals surface area contributed by atoms with E-state index in [1.807, 2.05) is 0 Å². The molecular formula is C18H42O6Si3. The van der Waals surface area contributed by atoms with Crippen LogP contribution in [0, 0.1) is 0 Å². The number of ether oxygens (including phenoxy) is 3. The molecule has 1 fully saturated rings. The van der Waals surface area contributed by atoms with Gasteiger partial charge in [-0.15, -0.1) is 0 Å². The van der Waals surface area contributed by atoms with Crippen molar-refractivity contribution in [3.63, 3.8) is 0 Å². The number of hydrogen-bond donors (Lipinski definition) is 0. The summed E-state index contributed by atoms with van der Waals surface area (Å²) in [5.74, 6) is 0. The molecule has 0 aromatic rings. The smallest absolute Gasteiger partial charge is 0.350 e. The Hall–Kier alpha value is 0.411. The maximum Gasteiger partial charge on any atom is 0.350 e. The summed E-state index contributed by atoms with van der Waals surface area (Å²) in [5, 5.41) is 0.